The molecule has 0 saturated carbocycles. The zero-order valence-corrected chi connectivity index (χ0v) is 28.1. The zero-order valence-electron chi connectivity index (χ0n) is 17.7. The Labute approximate surface area is 182 Å². The maximum atomic E-state index is 12.7. The van der Waals surface area contributed by atoms with Crippen LogP contribution in [-0.4, -0.2) is 102 Å². The van der Waals surface area contributed by atoms with Crippen LogP contribution in [0.15, 0.2) is 0 Å². The van der Waals surface area contributed by atoms with Gasteiger partial charge in [0, 0.05) is 21.3 Å². The summed E-state index contributed by atoms with van der Waals surface area (Å²) in [6, 6.07) is 0. The summed E-state index contributed by atoms with van der Waals surface area (Å²) in [4.78, 5) is 0. The fraction of sp³-hybridized carbons (Fsp3) is 1.00. The summed E-state index contributed by atoms with van der Waals surface area (Å²) in [6.07, 6.45) is 0. The molecule has 11 nitrogen and oxygen atoms in total. The minimum Gasteiger partial charge on any atom is -0.453 e. The highest BCUT2D eigenvalue weighted by Gasteiger charge is 2.52. The van der Waals surface area contributed by atoms with Gasteiger partial charge >= 0.3 is 55.4 Å². The lowest BCUT2D eigenvalue weighted by Crippen LogP contribution is -2.59. The van der Waals surface area contributed by atoms with E-state index in [1.807, 2.05) is 19.6 Å². The molecule has 0 spiro atoms. The Kier molecular flexibility index (Phi) is 12.4. The highest BCUT2D eigenvalue weighted by Crippen LogP contribution is 2.14. The van der Waals surface area contributed by atoms with Crippen molar-refractivity contribution in [1.82, 2.24) is 0 Å². The lowest BCUT2D eigenvalue weighted by Gasteiger charge is -2.28. The van der Waals surface area contributed by atoms with Crippen molar-refractivity contribution >= 4 is 80.8 Å². The van der Waals surface area contributed by atoms with Gasteiger partial charge in [-0.1, -0.05) is 0 Å². The molecule has 0 amide bonds. The van der Waals surface area contributed by atoms with Crippen LogP contribution in [0.4, 0.5) is 0 Å². The van der Waals surface area contributed by atoms with Crippen LogP contribution in [0.25, 0.3) is 0 Å². The van der Waals surface area contributed by atoms with Crippen molar-refractivity contribution < 1.29 is 48.3 Å². The average Bonchev–Trinajstić information content (AvgIpc) is 2.64. The quantitative estimate of drug-likeness (QED) is 0.211. The summed E-state index contributed by atoms with van der Waals surface area (Å²) < 4.78 is 101. The molecule has 0 aromatic rings. The first-order valence-electron chi connectivity index (χ1n) is 8.32. The molecule has 0 aromatic heterocycles. The molecule has 0 aliphatic rings. The first-order valence-corrected chi connectivity index (χ1v) is 33.6. The van der Waals surface area contributed by atoms with E-state index in [1.165, 1.54) is 21.3 Å². The molecular weight excluding hydrogens is 553 g/mol. The molecule has 0 aliphatic carbocycles. The van der Waals surface area contributed by atoms with Crippen molar-refractivity contribution in [2.45, 2.75) is 32.7 Å². The molecule has 29 heavy (non-hydrogen) atoms. The molecule has 0 atom stereocenters. The highest BCUT2D eigenvalue weighted by atomic mass is 30.0. The molecule has 0 aromatic carbocycles. The van der Waals surface area contributed by atoms with Crippen LogP contribution < -0.4 is 0 Å². The van der Waals surface area contributed by atoms with Gasteiger partial charge in [0.15, 0.2) is 8.32 Å². The Morgan fingerprint density at radius 1 is 0.655 bits per heavy atom. The molecule has 0 saturated heterocycles. The molecule has 164 valence electrons. The second kappa shape index (κ2) is 12.1. The van der Waals surface area contributed by atoms with E-state index in [0.29, 0.717) is 0 Å². The Balaban J connectivity index is 5.21. The molecule has 0 radical (unpaired) electrons. The summed E-state index contributed by atoms with van der Waals surface area (Å²) in [6.45, 7) is 8.91. The molecule has 0 fully saturated rings. The zero-order chi connectivity index (χ0) is 23.2. The predicted octanol–water partition coefficient (Wildman–Crippen LogP) is -1.98. The first-order chi connectivity index (χ1) is 13.1. The first kappa shape index (κ1) is 29.8. The van der Waals surface area contributed by atoms with E-state index in [2.05, 4.69) is 0 Å². The van der Waals surface area contributed by atoms with E-state index in [0.717, 1.165) is 0 Å². The summed E-state index contributed by atoms with van der Waals surface area (Å²) in [7, 11) is -25.9. The number of hydrogen-bond acceptors (Lipinski definition) is 11. The van der Waals surface area contributed by atoms with Crippen molar-refractivity contribution in [3.05, 3.63) is 0 Å². The standard InChI is InChI=1S/C8H26O11Si10/c1-15-29(16-2,17-3)18-20-21(9)22(10)23(11)24(12)25(13)26(14)28(7,8)19-27(4,5)6/h20H2,1-8H3. The number of rotatable bonds is 14. The van der Waals surface area contributed by atoms with E-state index < -0.39 is 80.8 Å². The van der Waals surface area contributed by atoms with Gasteiger partial charge in [0.25, 0.3) is 0 Å². The van der Waals surface area contributed by atoms with E-state index >= 15 is 0 Å². The van der Waals surface area contributed by atoms with Gasteiger partial charge in [-0.05, 0) is 32.7 Å². The fourth-order valence-electron chi connectivity index (χ4n) is 2.17. The van der Waals surface area contributed by atoms with Gasteiger partial charge in [-0.15, -0.1) is 0 Å². The summed E-state index contributed by atoms with van der Waals surface area (Å²) in [5.41, 5.74) is 0. The molecular formula is C8H26O11Si10. The van der Waals surface area contributed by atoms with Gasteiger partial charge < -0.3 is 48.3 Å². The molecule has 0 bridgehead atoms. The van der Waals surface area contributed by atoms with E-state index in [9.17, 15) is 26.8 Å². The van der Waals surface area contributed by atoms with Crippen LogP contribution in [0, 0.1) is 0 Å². The SMILES string of the molecule is CO[Si](OC)(OC)O[SiH2][Si](=O)[Si](=O)[Si](=O)[Si](=O)[Si](=O)[Si](=O)[Si](C)(C)O[Si](C)(C)C. The van der Waals surface area contributed by atoms with E-state index in [4.69, 9.17) is 21.5 Å². The molecule has 21 heteroatoms. The van der Waals surface area contributed by atoms with Crippen LogP contribution in [0.1, 0.15) is 0 Å². The molecule has 0 aliphatic heterocycles. The largest absolute Gasteiger partial charge is 0.667 e. The maximum Gasteiger partial charge on any atom is 0.667 e. The van der Waals surface area contributed by atoms with E-state index in [-0.39, 0.29) is 0 Å². The van der Waals surface area contributed by atoms with Crippen molar-refractivity contribution in [3.8, 4) is 0 Å². The Hall–Kier alpha value is 0.769. The lowest BCUT2D eigenvalue weighted by molar-refractivity contribution is 0.0534. The maximum absolute atomic E-state index is 12.7. The number of hydrogen-bond donors (Lipinski definition) is 0. The Morgan fingerprint density at radius 3 is 1.45 bits per heavy atom. The Bertz CT molecular complexity index is 703. The molecule has 0 N–H and O–H groups in total. The van der Waals surface area contributed by atoms with Crippen molar-refractivity contribution in [2.75, 3.05) is 21.3 Å². The molecule has 0 unspecified atom stereocenters. The van der Waals surface area contributed by atoms with Crippen LogP contribution in [0.3, 0.4) is 0 Å². The normalized spacial score (nSPS) is 12.8. The smallest absolute Gasteiger partial charge is 0.453 e. The van der Waals surface area contributed by atoms with Gasteiger partial charge in [-0.2, -0.15) is 0 Å². The highest BCUT2D eigenvalue weighted by molar-refractivity contribution is 7.73. The summed E-state index contributed by atoms with van der Waals surface area (Å²) >= 11 is 0. The van der Waals surface area contributed by atoms with E-state index in [1.54, 1.807) is 13.1 Å². The third-order valence-electron chi connectivity index (χ3n) is 3.32. The van der Waals surface area contributed by atoms with Crippen LogP contribution in [0.5, 0.6) is 0 Å². The topological polar surface area (TPSA) is 149 Å². The fourth-order valence-corrected chi connectivity index (χ4v) is 93.1. The van der Waals surface area contributed by atoms with Crippen molar-refractivity contribution in [1.29, 1.82) is 0 Å². The van der Waals surface area contributed by atoms with Crippen molar-refractivity contribution in [3.63, 3.8) is 0 Å². The van der Waals surface area contributed by atoms with Gasteiger partial charge in [0.1, 0.15) is 0 Å². The third kappa shape index (κ3) is 9.03. The Morgan fingerprint density at radius 2 is 1.07 bits per heavy atom. The van der Waals surface area contributed by atoms with Gasteiger partial charge in [-0.25, -0.2) is 0 Å². The van der Waals surface area contributed by atoms with Crippen LogP contribution >= 0.6 is 0 Å². The molecule has 0 heterocycles. The van der Waals surface area contributed by atoms with Gasteiger partial charge in [0.05, 0.1) is 0 Å². The van der Waals surface area contributed by atoms with Crippen LogP contribution in [0.2, 0.25) is 32.7 Å². The van der Waals surface area contributed by atoms with Crippen LogP contribution in [-0.2, 0) is 48.3 Å². The second-order valence-electron chi connectivity index (χ2n) is 7.19. The average molecular weight is 579 g/mol. The summed E-state index contributed by atoms with van der Waals surface area (Å²) in [5, 5.41) is 0. The van der Waals surface area contributed by atoms with Gasteiger partial charge in [-0.3, -0.25) is 0 Å². The second-order valence-corrected chi connectivity index (χ2v) is 54.4. The molecule has 0 rings (SSSR count). The predicted molar refractivity (Wildman–Crippen MR) is 117 cm³/mol. The summed E-state index contributed by atoms with van der Waals surface area (Å²) in [5.74, 6) is 0. The minimum absolute atomic E-state index is 1.27. The minimum atomic E-state index is -3.48. The van der Waals surface area contributed by atoms with Gasteiger partial charge in [0.2, 0.25) is 17.1 Å². The third-order valence-corrected chi connectivity index (χ3v) is 68.2. The lowest BCUT2D eigenvalue weighted by atomic mass is 11.8. The van der Waals surface area contributed by atoms with Crippen molar-refractivity contribution in [2.24, 2.45) is 0 Å². The monoisotopic (exact) mass is 578 g/mol.